The number of likely N-dealkylation sites (tertiary alicyclic amines) is 1. The van der Waals surface area contributed by atoms with Gasteiger partial charge in [-0.15, -0.1) is 0 Å². The fraction of sp³-hybridized carbons (Fsp3) is 0.194. The van der Waals surface area contributed by atoms with Crippen LogP contribution in [0.2, 0.25) is 0 Å². The molecule has 0 bridgehead atoms. The van der Waals surface area contributed by atoms with Crippen LogP contribution < -0.4 is 4.90 Å². The number of benzene rings is 4. The molecule has 0 saturated carbocycles. The van der Waals surface area contributed by atoms with Gasteiger partial charge in [-0.2, -0.15) is 0 Å². The predicted molar refractivity (Wildman–Crippen MR) is 133 cm³/mol. The third-order valence-electron chi connectivity index (χ3n) is 8.16. The van der Waals surface area contributed by atoms with Crippen LogP contribution in [-0.2, 0) is 10.3 Å². The zero-order valence-electron chi connectivity index (χ0n) is 18.6. The van der Waals surface area contributed by atoms with E-state index in [2.05, 4.69) is 91.0 Å². The average molecular weight is 429 g/mol. The summed E-state index contributed by atoms with van der Waals surface area (Å²) >= 11 is 0. The van der Waals surface area contributed by atoms with E-state index < -0.39 is 5.54 Å². The van der Waals surface area contributed by atoms with Crippen LogP contribution in [0.1, 0.15) is 41.0 Å². The molecule has 0 unspecified atom stereocenters. The fourth-order valence-corrected chi connectivity index (χ4v) is 6.99. The molecule has 2 heteroatoms. The second-order valence-corrected chi connectivity index (χ2v) is 9.65. The van der Waals surface area contributed by atoms with Crippen LogP contribution in [0, 0.1) is 0 Å². The first-order valence-electron chi connectivity index (χ1n) is 12.1. The third kappa shape index (κ3) is 2.39. The van der Waals surface area contributed by atoms with Crippen LogP contribution in [0.5, 0.6) is 0 Å². The maximum absolute atomic E-state index is 14.9. The maximum atomic E-state index is 14.9. The van der Waals surface area contributed by atoms with Gasteiger partial charge in [-0.05, 0) is 33.0 Å². The quantitative estimate of drug-likeness (QED) is 0.487. The monoisotopic (exact) mass is 428 g/mol. The molecule has 2 atom stereocenters. The molecule has 2 aliphatic carbocycles. The first-order chi connectivity index (χ1) is 16.3. The van der Waals surface area contributed by atoms with Crippen molar-refractivity contribution < 1.29 is 9.69 Å². The number of carbonyl (C=O) groups is 1. The minimum Gasteiger partial charge on any atom is -0.319 e. The number of fused-ring (bicyclic) bond motifs is 3. The highest BCUT2D eigenvalue weighted by atomic mass is 16.1. The number of rotatable bonds is 3. The molecule has 7 rings (SSSR count). The Bertz CT molecular complexity index is 1420. The number of nitrogens with one attached hydrogen (secondary N) is 1. The molecule has 1 saturated heterocycles. The Morgan fingerprint density at radius 3 is 2.03 bits per heavy atom. The van der Waals surface area contributed by atoms with Gasteiger partial charge in [-0.25, -0.2) is 0 Å². The minimum atomic E-state index is -0.573. The van der Waals surface area contributed by atoms with E-state index >= 15 is 0 Å². The second kappa shape index (κ2) is 7.00. The van der Waals surface area contributed by atoms with E-state index in [4.69, 9.17) is 0 Å². The van der Waals surface area contributed by atoms with Crippen molar-refractivity contribution in [2.45, 2.75) is 24.3 Å². The lowest BCUT2D eigenvalue weighted by Gasteiger charge is -2.36. The highest BCUT2D eigenvalue weighted by Crippen LogP contribution is 2.61. The Morgan fingerprint density at radius 2 is 1.33 bits per heavy atom. The first-order valence-corrected chi connectivity index (χ1v) is 12.1. The molecule has 1 N–H and O–H groups in total. The molecule has 0 radical (unpaired) electrons. The van der Waals surface area contributed by atoms with Gasteiger partial charge >= 0.3 is 0 Å². The Hall–Kier alpha value is -3.49. The van der Waals surface area contributed by atoms with Gasteiger partial charge in [0.1, 0.15) is 0 Å². The molecule has 3 aliphatic rings. The number of ketones is 1. The van der Waals surface area contributed by atoms with E-state index in [-0.39, 0.29) is 5.92 Å². The molecular weight excluding hydrogens is 402 g/mol. The lowest BCUT2D eigenvalue weighted by atomic mass is 9.77. The number of hydrogen-bond acceptors (Lipinski definition) is 1. The van der Waals surface area contributed by atoms with Gasteiger partial charge in [-0.3, -0.25) is 4.79 Å². The van der Waals surface area contributed by atoms with E-state index in [1.54, 1.807) is 0 Å². The molecular formula is C31H26NO+. The van der Waals surface area contributed by atoms with Crippen LogP contribution in [0.25, 0.3) is 21.9 Å². The summed E-state index contributed by atoms with van der Waals surface area (Å²) in [5.41, 5.74) is 6.31. The highest BCUT2D eigenvalue weighted by Gasteiger charge is 2.67. The van der Waals surface area contributed by atoms with Crippen LogP contribution >= 0.6 is 0 Å². The molecule has 4 aromatic rings. The summed E-state index contributed by atoms with van der Waals surface area (Å²) in [6.07, 6.45) is 2.37. The predicted octanol–water partition coefficient (Wildman–Crippen LogP) is 5.00. The number of quaternary nitrogens is 1. The van der Waals surface area contributed by atoms with Crippen LogP contribution in [0.15, 0.2) is 97.1 Å². The lowest BCUT2D eigenvalue weighted by molar-refractivity contribution is -0.938. The van der Waals surface area contributed by atoms with Gasteiger partial charge in [0.15, 0.2) is 5.54 Å². The van der Waals surface area contributed by atoms with E-state index in [0.717, 1.165) is 24.2 Å². The standard InChI is InChI=1S/C31H25NO/c33-30-28(23-13-5-2-6-14-23)27(22-11-3-1-4-12-22)29-24-17-9-15-21-16-10-18-25(26(21)24)31(29,30)32-19-7-8-20-32/h1-6,9-18,29H,7-8,19-20H2/p+1/t29-,31-/m1/s1. The van der Waals surface area contributed by atoms with Gasteiger partial charge in [0.05, 0.1) is 19.0 Å². The lowest BCUT2D eigenvalue weighted by Crippen LogP contribution is -3.18. The number of carbonyl (C=O) groups excluding carboxylic acids is 1. The SMILES string of the molecule is O=C1C(c2ccccc2)=C(c2ccccc2)[C@H]2c3cccc4cccc(c34)[C@]12[NH+]1CCCC1. The zero-order chi connectivity index (χ0) is 22.0. The smallest absolute Gasteiger partial charge is 0.229 e. The van der Waals surface area contributed by atoms with Crippen molar-refractivity contribution in [2.75, 3.05) is 13.1 Å². The number of Topliss-reactive ketones (excluding diaryl/α,β-unsaturated/α-hetero) is 1. The maximum Gasteiger partial charge on any atom is 0.229 e. The van der Waals surface area contributed by atoms with Crippen molar-refractivity contribution in [3.05, 3.63) is 119 Å². The molecule has 4 aromatic carbocycles. The van der Waals surface area contributed by atoms with Crippen molar-refractivity contribution in [2.24, 2.45) is 0 Å². The van der Waals surface area contributed by atoms with E-state index in [1.165, 1.54) is 50.8 Å². The van der Waals surface area contributed by atoms with Gasteiger partial charge in [0.2, 0.25) is 5.78 Å². The molecule has 160 valence electrons. The zero-order valence-corrected chi connectivity index (χ0v) is 18.6. The largest absolute Gasteiger partial charge is 0.319 e. The summed E-state index contributed by atoms with van der Waals surface area (Å²) in [6.45, 7) is 2.10. The van der Waals surface area contributed by atoms with Crippen molar-refractivity contribution in [3.8, 4) is 0 Å². The normalized spacial score (nSPS) is 24.1. The third-order valence-corrected chi connectivity index (χ3v) is 8.16. The van der Waals surface area contributed by atoms with E-state index in [9.17, 15) is 4.79 Å². The molecule has 0 amide bonds. The summed E-state index contributed by atoms with van der Waals surface area (Å²) < 4.78 is 0. The minimum absolute atomic E-state index is 0.0387. The summed E-state index contributed by atoms with van der Waals surface area (Å²) in [5, 5.41) is 2.55. The molecule has 33 heavy (non-hydrogen) atoms. The number of hydrogen-bond donors (Lipinski definition) is 1. The summed E-state index contributed by atoms with van der Waals surface area (Å²) in [5.74, 6) is 0.343. The topological polar surface area (TPSA) is 21.5 Å². The van der Waals surface area contributed by atoms with Gasteiger partial charge < -0.3 is 4.90 Å². The van der Waals surface area contributed by atoms with Crippen molar-refractivity contribution in [3.63, 3.8) is 0 Å². The fourth-order valence-electron chi connectivity index (χ4n) is 6.99. The van der Waals surface area contributed by atoms with Gasteiger partial charge in [0.25, 0.3) is 0 Å². The van der Waals surface area contributed by atoms with Crippen LogP contribution in [0.4, 0.5) is 0 Å². The van der Waals surface area contributed by atoms with E-state index in [0.29, 0.717) is 5.78 Å². The first kappa shape index (κ1) is 19.0. The molecule has 1 heterocycles. The van der Waals surface area contributed by atoms with Crippen LogP contribution in [-0.4, -0.2) is 18.9 Å². The van der Waals surface area contributed by atoms with Gasteiger partial charge in [0, 0.05) is 24.0 Å². The van der Waals surface area contributed by atoms with Gasteiger partial charge in [-0.1, -0.05) is 97.1 Å². The molecule has 1 fully saturated rings. The summed E-state index contributed by atoms with van der Waals surface area (Å²) in [4.78, 5) is 16.4. The molecule has 1 aliphatic heterocycles. The second-order valence-electron chi connectivity index (χ2n) is 9.65. The van der Waals surface area contributed by atoms with Crippen molar-refractivity contribution in [1.29, 1.82) is 0 Å². The Morgan fingerprint density at radius 1 is 0.697 bits per heavy atom. The van der Waals surface area contributed by atoms with Crippen molar-refractivity contribution >= 4 is 27.7 Å². The average Bonchev–Trinajstić information content (AvgIpc) is 3.56. The Labute approximate surface area is 194 Å². The van der Waals surface area contributed by atoms with Crippen LogP contribution in [0.3, 0.4) is 0 Å². The summed E-state index contributed by atoms with van der Waals surface area (Å²) in [7, 11) is 0. The Balaban J connectivity index is 1.62. The summed E-state index contributed by atoms with van der Waals surface area (Å²) in [6, 6.07) is 34.2. The molecule has 2 nitrogen and oxygen atoms in total. The molecule has 0 spiro atoms. The Kier molecular flexibility index (Phi) is 4.04. The van der Waals surface area contributed by atoms with Crippen molar-refractivity contribution in [1.82, 2.24) is 0 Å². The molecule has 0 aromatic heterocycles. The van der Waals surface area contributed by atoms with E-state index in [1.807, 2.05) is 6.07 Å². The highest BCUT2D eigenvalue weighted by molar-refractivity contribution is 6.37.